The lowest BCUT2D eigenvalue weighted by molar-refractivity contribution is -0.131. The van der Waals surface area contributed by atoms with Gasteiger partial charge in [0.05, 0.1) is 13.0 Å². The Morgan fingerprint density at radius 3 is 2.87 bits per heavy atom. The second-order valence-corrected chi connectivity index (χ2v) is 4.85. The van der Waals surface area contributed by atoms with Gasteiger partial charge in [0.2, 0.25) is 5.91 Å². The maximum absolute atomic E-state index is 11.9. The largest absolute Gasteiger partial charge is 0.338 e. The van der Waals surface area contributed by atoms with Gasteiger partial charge in [-0.1, -0.05) is 0 Å². The summed E-state index contributed by atoms with van der Waals surface area (Å²) in [6.45, 7) is 5.62. The van der Waals surface area contributed by atoms with E-state index in [0.717, 1.165) is 23.4 Å². The van der Waals surface area contributed by atoms with Gasteiger partial charge in [0, 0.05) is 18.3 Å². The number of aromatic nitrogens is 2. The number of carbonyl (C=O) groups is 1. The summed E-state index contributed by atoms with van der Waals surface area (Å²) in [6, 6.07) is 2.19. The van der Waals surface area contributed by atoms with Crippen LogP contribution in [-0.4, -0.2) is 33.2 Å². The van der Waals surface area contributed by atoms with Crippen LogP contribution in [0.25, 0.3) is 0 Å². The van der Waals surface area contributed by atoms with Crippen LogP contribution in [-0.2, 0) is 17.8 Å². The fraction of sp³-hybridized carbons (Fsp3) is 0.600. The van der Waals surface area contributed by atoms with Crippen LogP contribution in [0, 0.1) is 0 Å². The third-order valence-corrected chi connectivity index (χ3v) is 3.05. The lowest BCUT2D eigenvalue weighted by atomic mass is 10.2. The molecule has 0 aromatic carbocycles. The number of fused-ring (bicyclic) bond motifs is 1. The zero-order valence-electron chi connectivity index (χ0n) is 8.90. The van der Waals surface area contributed by atoms with Crippen molar-refractivity contribution in [1.82, 2.24) is 14.7 Å². The molecule has 0 unspecified atom stereocenters. The maximum Gasteiger partial charge on any atom is 0.228 e. The number of hydrogen-bond acceptors (Lipinski definition) is 2. The van der Waals surface area contributed by atoms with E-state index in [1.165, 1.54) is 0 Å². The first kappa shape index (κ1) is 10.7. The predicted octanol–water partition coefficient (Wildman–Crippen LogP) is 1.44. The molecule has 0 N–H and O–H groups in total. The van der Waals surface area contributed by atoms with Crippen molar-refractivity contribution in [1.29, 1.82) is 0 Å². The minimum atomic E-state index is 0.191. The van der Waals surface area contributed by atoms with Gasteiger partial charge in [-0.25, -0.2) is 0 Å². The quantitative estimate of drug-likeness (QED) is 0.775. The van der Waals surface area contributed by atoms with Crippen LogP contribution in [0.3, 0.4) is 0 Å². The fourth-order valence-electron chi connectivity index (χ4n) is 1.89. The van der Waals surface area contributed by atoms with E-state index >= 15 is 0 Å². The van der Waals surface area contributed by atoms with Crippen LogP contribution in [0.1, 0.15) is 19.5 Å². The highest BCUT2D eigenvalue weighted by molar-refractivity contribution is 9.10. The Balaban J connectivity index is 2.24. The van der Waals surface area contributed by atoms with E-state index in [1.54, 1.807) is 0 Å². The van der Waals surface area contributed by atoms with E-state index < -0.39 is 0 Å². The molecule has 1 aromatic heterocycles. The minimum absolute atomic E-state index is 0.191. The first-order valence-corrected chi connectivity index (χ1v) is 5.89. The van der Waals surface area contributed by atoms with Crippen molar-refractivity contribution in [3.05, 3.63) is 16.4 Å². The van der Waals surface area contributed by atoms with E-state index in [9.17, 15) is 4.79 Å². The number of halogens is 1. The van der Waals surface area contributed by atoms with E-state index in [-0.39, 0.29) is 11.9 Å². The minimum Gasteiger partial charge on any atom is -0.338 e. The summed E-state index contributed by atoms with van der Waals surface area (Å²) in [5.41, 5.74) is 0.995. The lowest BCUT2D eigenvalue weighted by Crippen LogP contribution is -2.38. The van der Waals surface area contributed by atoms with Gasteiger partial charge in [-0.3, -0.25) is 9.48 Å². The Kier molecular flexibility index (Phi) is 2.82. The van der Waals surface area contributed by atoms with E-state index in [2.05, 4.69) is 21.0 Å². The molecule has 1 amide bonds. The molecule has 2 rings (SSSR count). The molecule has 1 aromatic rings. The summed E-state index contributed by atoms with van der Waals surface area (Å²) in [7, 11) is 0. The summed E-state index contributed by atoms with van der Waals surface area (Å²) in [5, 5.41) is 4.29. The van der Waals surface area contributed by atoms with Crippen molar-refractivity contribution < 1.29 is 4.79 Å². The van der Waals surface area contributed by atoms with Crippen LogP contribution in [0.4, 0.5) is 0 Å². The maximum atomic E-state index is 11.9. The molecule has 4 nitrogen and oxygen atoms in total. The first-order chi connectivity index (χ1) is 7.08. The van der Waals surface area contributed by atoms with E-state index in [0.29, 0.717) is 6.42 Å². The van der Waals surface area contributed by atoms with Crippen molar-refractivity contribution in [3.63, 3.8) is 0 Å². The van der Waals surface area contributed by atoms with E-state index in [4.69, 9.17) is 0 Å². The van der Waals surface area contributed by atoms with Crippen LogP contribution in [0.15, 0.2) is 10.7 Å². The summed E-state index contributed by atoms with van der Waals surface area (Å²) in [5.74, 6) is 0.191. The fourth-order valence-corrected chi connectivity index (χ4v) is 2.34. The van der Waals surface area contributed by atoms with Gasteiger partial charge < -0.3 is 4.90 Å². The average molecular weight is 272 g/mol. The molecule has 5 heteroatoms. The zero-order valence-corrected chi connectivity index (χ0v) is 10.5. The summed E-state index contributed by atoms with van der Waals surface area (Å²) in [6.07, 6.45) is 0.455. The third kappa shape index (κ3) is 2.07. The molecule has 0 radical (unpaired) electrons. The summed E-state index contributed by atoms with van der Waals surface area (Å²) >= 11 is 3.33. The van der Waals surface area contributed by atoms with Crippen molar-refractivity contribution in [2.45, 2.75) is 32.9 Å². The molecule has 1 aliphatic rings. The number of carbonyl (C=O) groups excluding carboxylic acids is 1. The Morgan fingerprint density at radius 1 is 1.47 bits per heavy atom. The number of rotatable bonds is 1. The molecule has 0 atom stereocenters. The number of nitrogens with zero attached hydrogens (tertiary/aromatic N) is 3. The summed E-state index contributed by atoms with van der Waals surface area (Å²) < 4.78 is 2.72. The molecule has 0 saturated carbocycles. The topological polar surface area (TPSA) is 38.1 Å². The highest BCUT2D eigenvalue weighted by atomic mass is 79.9. The van der Waals surface area contributed by atoms with Crippen molar-refractivity contribution in [3.8, 4) is 0 Å². The molecule has 0 spiro atoms. The van der Waals surface area contributed by atoms with Gasteiger partial charge in [0.25, 0.3) is 0 Å². The number of amides is 1. The Labute approximate surface area is 97.4 Å². The van der Waals surface area contributed by atoms with Crippen LogP contribution >= 0.6 is 15.9 Å². The normalized spacial score (nSPS) is 16.8. The van der Waals surface area contributed by atoms with Crippen molar-refractivity contribution in [2.75, 3.05) is 6.54 Å². The monoisotopic (exact) mass is 271 g/mol. The lowest BCUT2D eigenvalue weighted by Gasteiger charge is -2.24. The van der Waals surface area contributed by atoms with Crippen LogP contribution in [0.5, 0.6) is 0 Å². The molecule has 15 heavy (non-hydrogen) atoms. The highest BCUT2D eigenvalue weighted by Gasteiger charge is 2.23. The van der Waals surface area contributed by atoms with Crippen LogP contribution in [0.2, 0.25) is 0 Å². The molecule has 0 saturated heterocycles. The smallest absolute Gasteiger partial charge is 0.228 e. The Bertz CT molecular complexity index is 386. The molecule has 82 valence electrons. The molecule has 1 aliphatic heterocycles. The zero-order chi connectivity index (χ0) is 11.0. The van der Waals surface area contributed by atoms with Crippen molar-refractivity contribution >= 4 is 21.8 Å². The van der Waals surface area contributed by atoms with Gasteiger partial charge in [-0.05, 0) is 35.8 Å². The second-order valence-electron chi connectivity index (χ2n) is 4.04. The Morgan fingerprint density at radius 2 is 2.20 bits per heavy atom. The first-order valence-electron chi connectivity index (χ1n) is 5.09. The molecule has 0 bridgehead atoms. The second kappa shape index (κ2) is 3.96. The SMILES string of the molecule is CC(C)N1CCn2nc(Br)cc2CC1=O. The highest BCUT2D eigenvalue weighted by Crippen LogP contribution is 2.16. The van der Waals surface area contributed by atoms with Crippen LogP contribution < -0.4 is 0 Å². The van der Waals surface area contributed by atoms with Gasteiger partial charge >= 0.3 is 0 Å². The van der Waals surface area contributed by atoms with Gasteiger partial charge in [0.1, 0.15) is 4.60 Å². The van der Waals surface area contributed by atoms with Gasteiger partial charge in [-0.15, -0.1) is 0 Å². The molecule has 0 aliphatic carbocycles. The standard InChI is InChI=1S/C10H14BrN3O/c1-7(2)13-3-4-14-8(6-10(13)15)5-9(11)12-14/h5,7H,3-4,6H2,1-2H3. The van der Waals surface area contributed by atoms with Gasteiger partial charge in [0.15, 0.2) is 0 Å². The molecular weight excluding hydrogens is 258 g/mol. The van der Waals surface area contributed by atoms with Crippen molar-refractivity contribution in [2.24, 2.45) is 0 Å². The average Bonchev–Trinajstić information content (AvgIpc) is 2.38. The molecule has 0 fully saturated rings. The van der Waals surface area contributed by atoms with E-state index in [1.807, 2.05) is 29.5 Å². The van der Waals surface area contributed by atoms with Gasteiger partial charge in [-0.2, -0.15) is 5.10 Å². The molecular formula is C10H14BrN3O. The third-order valence-electron chi connectivity index (χ3n) is 2.66. The predicted molar refractivity (Wildman–Crippen MR) is 60.5 cm³/mol. The molecule has 2 heterocycles. The summed E-state index contributed by atoms with van der Waals surface area (Å²) in [4.78, 5) is 13.8. The Hall–Kier alpha value is -0.840. The number of hydrogen-bond donors (Lipinski definition) is 0.